The van der Waals surface area contributed by atoms with Gasteiger partial charge in [0, 0.05) is 26.2 Å². The third kappa shape index (κ3) is 2.67. The molecular weight excluding hydrogens is 292 g/mol. The van der Waals surface area contributed by atoms with Crippen LogP contribution in [0.2, 0.25) is 0 Å². The molecule has 6 nitrogen and oxygen atoms in total. The van der Waals surface area contributed by atoms with Gasteiger partial charge in [-0.2, -0.15) is 0 Å². The lowest BCUT2D eigenvalue weighted by Crippen LogP contribution is -2.51. The highest BCUT2D eigenvalue weighted by Gasteiger charge is 2.35. The first-order valence-corrected chi connectivity index (χ1v) is 8.39. The maximum absolute atomic E-state index is 12.5. The lowest BCUT2D eigenvalue weighted by molar-refractivity contribution is -0.138. The number of amides is 1. The molecule has 4 rings (SSSR count). The number of nitrogens with zero attached hydrogens (tertiary/aromatic N) is 3. The molecule has 0 bridgehead atoms. The second-order valence-electron chi connectivity index (χ2n) is 6.49. The summed E-state index contributed by atoms with van der Waals surface area (Å²) in [5.41, 5.74) is 2.00. The van der Waals surface area contributed by atoms with Crippen LogP contribution in [0.5, 0.6) is 0 Å². The fourth-order valence-electron chi connectivity index (χ4n) is 3.69. The molecule has 122 valence electrons. The molecular formula is C17H22N4O2. The van der Waals surface area contributed by atoms with Gasteiger partial charge in [-0.1, -0.05) is 12.1 Å². The van der Waals surface area contributed by atoms with Gasteiger partial charge in [0.1, 0.15) is 0 Å². The zero-order valence-electron chi connectivity index (χ0n) is 13.1. The Balaban J connectivity index is 1.41. The van der Waals surface area contributed by atoms with E-state index >= 15 is 0 Å². The van der Waals surface area contributed by atoms with Gasteiger partial charge in [-0.05, 0) is 31.4 Å². The molecule has 2 atom stereocenters. The predicted molar refractivity (Wildman–Crippen MR) is 88.2 cm³/mol. The number of para-hydroxylation sites is 2. The Morgan fingerprint density at radius 1 is 1.17 bits per heavy atom. The largest absolute Gasteiger partial charge is 0.392 e. The standard InChI is InChI=1S/C17H22N4O2/c22-15-7-3-4-12(15)16(23)20-8-10-21(11-9-20)17-18-13-5-1-2-6-14(13)19-17/h1-2,5-6,12,15,22H,3-4,7-11H2,(H,18,19). The first-order chi connectivity index (χ1) is 11.2. The maximum atomic E-state index is 12.5. The van der Waals surface area contributed by atoms with Crippen molar-refractivity contribution in [2.24, 2.45) is 5.92 Å². The number of benzene rings is 1. The molecule has 0 radical (unpaired) electrons. The minimum atomic E-state index is -0.448. The molecule has 2 aliphatic rings. The minimum Gasteiger partial charge on any atom is -0.392 e. The Kier molecular flexibility index (Phi) is 3.69. The Morgan fingerprint density at radius 2 is 1.96 bits per heavy atom. The first-order valence-electron chi connectivity index (χ1n) is 8.39. The number of anilines is 1. The molecule has 1 amide bonds. The molecule has 0 spiro atoms. The summed E-state index contributed by atoms with van der Waals surface area (Å²) in [5.74, 6) is 0.811. The van der Waals surface area contributed by atoms with Crippen LogP contribution < -0.4 is 4.90 Å². The van der Waals surface area contributed by atoms with Crippen molar-refractivity contribution < 1.29 is 9.90 Å². The summed E-state index contributed by atoms with van der Waals surface area (Å²) < 4.78 is 0. The summed E-state index contributed by atoms with van der Waals surface area (Å²) in [6, 6.07) is 7.99. The molecule has 2 aromatic rings. The molecule has 23 heavy (non-hydrogen) atoms. The fourth-order valence-corrected chi connectivity index (χ4v) is 3.69. The van der Waals surface area contributed by atoms with Gasteiger partial charge < -0.3 is 19.9 Å². The van der Waals surface area contributed by atoms with E-state index in [1.807, 2.05) is 29.2 Å². The molecule has 1 aliphatic heterocycles. The molecule has 2 N–H and O–H groups in total. The van der Waals surface area contributed by atoms with Gasteiger partial charge in [0.2, 0.25) is 11.9 Å². The Hall–Kier alpha value is -2.08. The second kappa shape index (κ2) is 5.85. The van der Waals surface area contributed by atoms with Gasteiger partial charge in [-0.25, -0.2) is 4.98 Å². The van der Waals surface area contributed by atoms with Crippen molar-refractivity contribution in [1.29, 1.82) is 0 Å². The van der Waals surface area contributed by atoms with Crippen LogP contribution in [0.1, 0.15) is 19.3 Å². The quantitative estimate of drug-likeness (QED) is 0.878. The van der Waals surface area contributed by atoms with E-state index in [2.05, 4.69) is 14.9 Å². The van der Waals surface area contributed by atoms with Crippen molar-refractivity contribution in [1.82, 2.24) is 14.9 Å². The summed E-state index contributed by atoms with van der Waals surface area (Å²) in [4.78, 5) is 24.6. The summed E-state index contributed by atoms with van der Waals surface area (Å²) in [6.45, 7) is 2.93. The molecule has 2 heterocycles. The van der Waals surface area contributed by atoms with Crippen LogP contribution >= 0.6 is 0 Å². The highest BCUT2D eigenvalue weighted by Crippen LogP contribution is 2.28. The SMILES string of the molecule is O=C(C1CCCC1O)N1CCN(c2nc3ccccc3[nH]2)CC1. The average Bonchev–Trinajstić information content (AvgIpc) is 3.20. The van der Waals surface area contributed by atoms with Crippen LogP contribution in [0.4, 0.5) is 5.95 Å². The van der Waals surface area contributed by atoms with E-state index < -0.39 is 6.10 Å². The lowest BCUT2D eigenvalue weighted by Gasteiger charge is -2.36. The molecule has 2 unspecified atom stereocenters. The van der Waals surface area contributed by atoms with E-state index in [0.717, 1.165) is 49.3 Å². The van der Waals surface area contributed by atoms with E-state index in [1.165, 1.54) is 0 Å². The zero-order chi connectivity index (χ0) is 15.8. The molecule has 6 heteroatoms. The molecule has 1 saturated heterocycles. The summed E-state index contributed by atoms with van der Waals surface area (Å²) in [6.07, 6.45) is 2.09. The average molecular weight is 314 g/mol. The number of imidazole rings is 1. The van der Waals surface area contributed by atoms with E-state index in [1.54, 1.807) is 0 Å². The smallest absolute Gasteiger partial charge is 0.228 e. The van der Waals surface area contributed by atoms with Crippen LogP contribution in [0.25, 0.3) is 11.0 Å². The van der Waals surface area contributed by atoms with Crippen LogP contribution in [-0.4, -0.2) is 58.2 Å². The van der Waals surface area contributed by atoms with E-state index in [9.17, 15) is 9.90 Å². The van der Waals surface area contributed by atoms with Crippen LogP contribution in [0, 0.1) is 5.92 Å². The van der Waals surface area contributed by atoms with Crippen molar-refractivity contribution in [2.45, 2.75) is 25.4 Å². The first kappa shape index (κ1) is 14.5. The molecule has 1 aromatic carbocycles. The number of aliphatic hydroxyl groups excluding tert-OH is 1. The van der Waals surface area contributed by atoms with Crippen molar-refractivity contribution >= 4 is 22.9 Å². The van der Waals surface area contributed by atoms with Crippen LogP contribution in [-0.2, 0) is 4.79 Å². The summed E-state index contributed by atoms with van der Waals surface area (Å²) >= 11 is 0. The topological polar surface area (TPSA) is 72.5 Å². The van der Waals surface area contributed by atoms with Crippen LogP contribution in [0.3, 0.4) is 0 Å². The monoisotopic (exact) mass is 314 g/mol. The van der Waals surface area contributed by atoms with Gasteiger partial charge in [-0.15, -0.1) is 0 Å². The number of aliphatic hydroxyl groups is 1. The van der Waals surface area contributed by atoms with Crippen molar-refractivity contribution in [3.05, 3.63) is 24.3 Å². The third-order valence-corrected chi connectivity index (χ3v) is 5.06. The number of aromatic amines is 1. The number of hydrogen-bond donors (Lipinski definition) is 2. The third-order valence-electron chi connectivity index (χ3n) is 5.06. The Labute approximate surface area is 135 Å². The number of carbonyl (C=O) groups excluding carboxylic acids is 1. The van der Waals surface area contributed by atoms with E-state index in [0.29, 0.717) is 13.1 Å². The normalized spacial score (nSPS) is 25.3. The Bertz CT molecular complexity index is 672. The minimum absolute atomic E-state index is 0.124. The Morgan fingerprint density at radius 3 is 2.65 bits per heavy atom. The predicted octanol–water partition coefficient (Wildman–Crippen LogP) is 1.37. The number of aromatic nitrogens is 2. The van der Waals surface area contributed by atoms with Crippen molar-refractivity contribution in [3.63, 3.8) is 0 Å². The number of carbonyl (C=O) groups is 1. The number of piperazine rings is 1. The van der Waals surface area contributed by atoms with E-state index in [4.69, 9.17) is 0 Å². The summed E-state index contributed by atoms with van der Waals surface area (Å²) in [5, 5.41) is 9.93. The number of hydrogen-bond acceptors (Lipinski definition) is 4. The number of nitrogens with one attached hydrogen (secondary N) is 1. The van der Waals surface area contributed by atoms with Crippen molar-refractivity contribution in [3.8, 4) is 0 Å². The van der Waals surface area contributed by atoms with Gasteiger partial charge in [0.15, 0.2) is 0 Å². The zero-order valence-corrected chi connectivity index (χ0v) is 13.1. The number of fused-ring (bicyclic) bond motifs is 1. The lowest BCUT2D eigenvalue weighted by atomic mass is 10.0. The highest BCUT2D eigenvalue weighted by molar-refractivity contribution is 5.80. The van der Waals surface area contributed by atoms with Crippen LogP contribution in [0.15, 0.2) is 24.3 Å². The van der Waals surface area contributed by atoms with Gasteiger partial charge in [0.05, 0.1) is 23.1 Å². The second-order valence-corrected chi connectivity index (χ2v) is 6.49. The fraction of sp³-hybridized carbons (Fsp3) is 0.529. The summed E-state index contributed by atoms with van der Waals surface area (Å²) in [7, 11) is 0. The molecule has 1 aliphatic carbocycles. The van der Waals surface area contributed by atoms with Gasteiger partial charge in [-0.3, -0.25) is 4.79 Å². The van der Waals surface area contributed by atoms with Gasteiger partial charge in [0.25, 0.3) is 0 Å². The molecule has 1 aromatic heterocycles. The molecule has 2 fully saturated rings. The number of rotatable bonds is 2. The van der Waals surface area contributed by atoms with Crippen molar-refractivity contribution in [2.75, 3.05) is 31.1 Å². The molecule has 1 saturated carbocycles. The maximum Gasteiger partial charge on any atom is 0.228 e. The number of H-pyrrole nitrogens is 1. The van der Waals surface area contributed by atoms with E-state index in [-0.39, 0.29) is 11.8 Å². The highest BCUT2D eigenvalue weighted by atomic mass is 16.3. The van der Waals surface area contributed by atoms with Gasteiger partial charge >= 0.3 is 0 Å².